The number of amides is 2. The fraction of sp³-hybridized carbons (Fsp3) is 0.636. The van der Waals surface area contributed by atoms with Crippen LogP contribution in [-0.4, -0.2) is 42.1 Å². The number of cyclic esters (lactones) is 1. The first-order valence-electron chi connectivity index (χ1n) is 10.7. The highest BCUT2D eigenvalue weighted by Crippen LogP contribution is 2.57. The number of hydrogen-bond donors (Lipinski definition) is 1. The summed E-state index contributed by atoms with van der Waals surface area (Å²) in [6, 6.07) is 4.08. The van der Waals surface area contributed by atoms with Crippen molar-refractivity contribution in [3.05, 3.63) is 34.3 Å². The molecule has 2 aliphatic heterocycles. The van der Waals surface area contributed by atoms with Crippen molar-refractivity contribution < 1.29 is 27.5 Å². The van der Waals surface area contributed by atoms with E-state index in [4.69, 9.17) is 16.3 Å². The van der Waals surface area contributed by atoms with Gasteiger partial charge in [0, 0.05) is 19.0 Å². The Balaban J connectivity index is 1.12. The number of ether oxygens (including phenoxy) is 1. The Labute approximate surface area is 183 Å². The highest BCUT2D eigenvalue weighted by atomic mass is 35.5. The van der Waals surface area contributed by atoms with Gasteiger partial charge in [-0.05, 0) is 67.6 Å². The van der Waals surface area contributed by atoms with Crippen LogP contribution in [0.2, 0.25) is 5.02 Å². The Bertz CT molecular complexity index is 913. The number of rotatable bonds is 2. The lowest BCUT2D eigenvalue weighted by molar-refractivity contribution is -0.145. The molecule has 5 rings (SSSR count). The predicted molar refractivity (Wildman–Crippen MR) is 107 cm³/mol. The van der Waals surface area contributed by atoms with Gasteiger partial charge in [0.2, 0.25) is 5.91 Å². The lowest BCUT2D eigenvalue weighted by Crippen LogP contribution is -2.59. The molecule has 9 heteroatoms. The molecular formula is C22H24ClF3N2O3. The fourth-order valence-electron chi connectivity index (χ4n) is 5.87. The average Bonchev–Trinajstić information content (AvgIpc) is 3.05. The van der Waals surface area contributed by atoms with Crippen LogP contribution in [0.5, 0.6) is 0 Å². The minimum atomic E-state index is -4.44. The van der Waals surface area contributed by atoms with Crippen molar-refractivity contribution in [1.29, 1.82) is 0 Å². The summed E-state index contributed by atoms with van der Waals surface area (Å²) in [5.74, 6) is 0.325. The van der Waals surface area contributed by atoms with Crippen LogP contribution in [0.4, 0.5) is 18.0 Å². The van der Waals surface area contributed by atoms with Crippen LogP contribution in [0.1, 0.15) is 55.6 Å². The van der Waals surface area contributed by atoms with E-state index >= 15 is 0 Å². The molecular weight excluding hydrogens is 433 g/mol. The zero-order valence-electron chi connectivity index (χ0n) is 16.9. The highest BCUT2D eigenvalue weighted by molar-refractivity contribution is 6.31. The van der Waals surface area contributed by atoms with Gasteiger partial charge in [0.25, 0.3) is 0 Å². The molecule has 2 spiro atoms. The number of carbonyl (C=O) groups excluding carboxylic acids is 2. The molecule has 4 fully saturated rings. The summed E-state index contributed by atoms with van der Waals surface area (Å²) in [5.41, 5.74) is -0.105. The van der Waals surface area contributed by atoms with E-state index in [9.17, 15) is 22.8 Å². The van der Waals surface area contributed by atoms with Gasteiger partial charge in [-0.25, -0.2) is 4.79 Å². The lowest BCUT2D eigenvalue weighted by atomic mass is 9.56. The van der Waals surface area contributed by atoms with Gasteiger partial charge in [0.15, 0.2) is 0 Å². The number of halogens is 4. The van der Waals surface area contributed by atoms with Crippen LogP contribution in [0, 0.1) is 11.3 Å². The maximum atomic E-state index is 12.9. The summed E-state index contributed by atoms with van der Waals surface area (Å²) in [5, 5.41) is 2.58. The van der Waals surface area contributed by atoms with Gasteiger partial charge in [-0.1, -0.05) is 17.7 Å². The SMILES string of the molecule is O=C1NC2(CO1)CC(C(=O)N1CCC3(CC1)CC(c1ccc(C(F)(F)F)c(Cl)c1)C3)C2. The van der Waals surface area contributed by atoms with Crippen LogP contribution in [-0.2, 0) is 15.7 Å². The van der Waals surface area contributed by atoms with Crippen molar-refractivity contribution in [3.63, 3.8) is 0 Å². The zero-order chi connectivity index (χ0) is 22.0. The number of likely N-dealkylation sites (tertiary alicyclic amines) is 1. The molecule has 4 aliphatic rings. The van der Waals surface area contributed by atoms with Crippen LogP contribution in [0.15, 0.2) is 18.2 Å². The molecule has 5 nitrogen and oxygen atoms in total. The van der Waals surface area contributed by atoms with Crippen molar-refractivity contribution in [3.8, 4) is 0 Å². The van der Waals surface area contributed by atoms with E-state index in [0.29, 0.717) is 32.5 Å². The Morgan fingerprint density at radius 1 is 1.16 bits per heavy atom. The molecule has 2 saturated carbocycles. The number of alkyl halides is 3. The van der Waals surface area contributed by atoms with Gasteiger partial charge < -0.3 is 15.0 Å². The Morgan fingerprint density at radius 2 is 1.84 bits per heavy atom. The Morgan fingerprint density at radius 3 is 2.39 bits per heavy atom. The molecule has 2 aliphatic carbocycles. The fourth-order valence-corrected chi connectivity index (χ4v) is 6.17. The van der Waals surface area contributed by atoms with Crippen LogP contribution in [0.3, 0.4) is 0 Å². The monoisotopic (exact) mass is 456 g/mol. The number of nitrogens with zero attached hydrogens (tertiary/aromatic N) is 1. The molecule has 31 heavy (non-hydrogen) atoms. The molecule has 1 N–H and O–H groups in total. The zero-order valence-corrected chi connectivity index (χ0v) is 17.7. The van der Waals surface area contributed by atoms with E-state index in [1.807, 2.05) is 4.90 Å². The summed E-state index contributed by atoms with van der Waals surface area (Å²) >= 11 is 5.88. The summed E-state index contributed by atoms with van der Waals surface area (Å²) in [6.45, 7) is 1.77. The second kappa shape index (κ2) is 7.02. The lowest BCUT2D eigenvalue weighted by Gasteiger charge is -2.53. The predicted octanol–water partition coefficient (Wildman–Crippen LogP) is 4.73. The minimum absolute atomic E-state index is 0.0560. The standard InChI is InChI=1S/C22H24ClF3N2O3/c23-17-7-13(1-2-16(17)22(24,25)26)14-8-20(9-14)3-5-28(6-4-20)18(29)15-10-21(11-15)12-31-19(30)27-21/h1-2,7,14-15H,3-6,8-12H2,(H,27,30). The number of benzene rings is 1. The van der Waals surface area contributed by atoms with Crippen LogP contribution < -0.4 is 5.32 Å². The Kier molecular flexibility index (Phi) is 4.74. The van der Waals surface area contributed by atoms with Crippen molar-refractivity contribution in [2.75, 3.05) is 19.7 Å². The summed E-state index contributed by atoms with van der Waals surface area (Å²) in [4.78, 5) is 26.0. The van der Waals surface area contributed by atoms with Crippen molar-refractivity contribution in [2.45, 2.75) is 56.2 Å². The van der Waals surface area contributed by atoms with E-state index in [0.717, 1.165) is 37.3 Å². The molecule has 1 aromatic carbocycles. The third-order valence-electron chi connectivity index (χ3n) is 7.73. The molecule has 0 atom stereocenters. The molecule has 168 valence electrons. The second-order valence-electron chi connectivity index (χ2n) is 9.75. The highest BCUT2D eigenvalue weighted by Gasteiger charge is 2.54. The molecule has 0 unspecified atom stereocenters. The largest absolute Gasteiger partial charge is 0.447 e. The van der Waals surface area contributed by atoms with Gasteiger partial charge in [-0.2, -0.15) is 13.2 Å². The Hall–Kier alpha value is -1.96. The number of nitrogens with one attached hydrogen (secondary N) is 1. The molecule has 1 aromatic rings. The second-order valence-corrected chi connectivity index (χ2v) is 10.2. The average molecular weight is 457 g/mol. The first-order valence-corrected chi connectivity index (χ1v) is 11.1. The van der Waals surface area contributed by atoms with Crippen molar-refractivity contribution >= 4 is 23.6 Å². The van der Waals surface area contributed by atoms with Gasteiger partial charge in [-0.15, -0.1) is 0 Å². The quantitative estimate of drug-likeness (QED) is 0.699. The maximum Gasteiger partial charge on any atom is 0.417 e. The molecule has 2 heterocycles. The van der Waals surface area contributed by atoms with E-state index in [-0.39, 0.29) is 33.7 Å². The molecule has 0 aromatic heterocycles. The topological polar surface area (TPSA) is 58.6 Å². The third-order valence-corrected chi connectivity index (χ3v) is 8.05. The van der Waals surface area contributed by atoms with Crippen LogP contribution in [0.25, 0.3) is 0 Å². The third kappa shape index (κ3) is 3.66. The minimum Gasteiger partial charge on any atom is -0.447 e. The molecule has 0 bridgehead atoms. The first kappa shape index (κ1) is 20.9. The van der Waals surface area contributed by atoms with E-state index in [1.54, 1.807) is 6.07 Å². The molecule has 0 radical (unpaired) electrons. The van der Waals surface area contributed by atoms with Gasteiger partial charge in [0.05, 0.1) is 16.1 Å². The van der Waals surface area contributed by atoms with E-state index in [2.05, 4.69) is 5.32 Å². The smallest absolute Gasteiger partial charge is 0.417 e. The normalized spacial score (nSPS) is 25.2. The van der Waals surface area contributed by atoms with Gasteiger partial charge in [-0.3, -0.25) is 4.79 Å². The molecule has 2 amide bonds. The van der Waals surface area contributed by atoms with Gasteiger partial charge in [0.1, 0.15) is 6.61 Å². The number of carbonyl (C=O) groups is 2. The van der Waals surface area contributed by atoms with E-state index in [1.165, 1.54) is 6.07 Å². The maximum absolute atomic E-state index is 12.9. The van der Waals surface area contributed by atoms with Crippen molar-refractivity contribution in [2.24, 2.45) is 11.3 Å². The summed E-state index contributed by atoms with van der Waals surface area (Å²) in [6.07, 6.45) is 0.111. The van der Waals surface area contributed by atoms with E-state index < -0.39 is 17.8 Å². The number of piperidine rings is 1. The summed E-state index contributed by atoms with van der Waals surface area (Å²) in [7, 11) is 0. The summed E-state index contributed by atoms with van der Waals surface area (Å²) < 4.78 is 43.7. The molecule has 2 saturated heterocycles. The van der Waals surface area contributed by atoms with Crippen molar-refractivity contribution in [1.82, 2.24) is 10.2 Å². The van der Waals surface area contributed by atoms with Gasteiger partial charge >= 0.3 is 12.3 Å². The number of hydrogen-bond acceptors (Lipinski definition) is 3. The van der Waals surface area contributed by atoms with Crippen LogP contribution >= 0.6 is 11.6 Å². The number of alkyl carbamates (subject to hydrolysis) is 1. The first-order chi connectivity index (χ1) is 14.6.